The van der Waals surface area contributed by atoms with Gasteiger partial charge in [0, 0.05) is 18.5 Å². The highest BCUT2D eigenvalue weighted by atomic mass is 16.5. The topological polar surface area (TPSA) is 83.6 Å². The van der Waals surface area contributed by atoms with Crippen molar-refractivity contribution in [3.8, 4) is 0 Å². The van der Waals surface area contributed by atoms with Crippen LogP contribution in [0.3, 0.4) is 0 Å². The molecule has 0 saturated carbocycles. The summed E-state index contributed by atoms with van der Waals surface area (Å²) in [6.07, 6.45) is 1.37. The number of aliphatic carboxylic acids is 1. The third-order valence-electron chi connectivity index (χ3n) is 3.96. The van der Waals surface area contributed by atoms with E-state index in [9.17, 15) is 9.59 Å². The SMILES string of the molecule is Cc1noc(C)c1CCC(=O)N(CCc1ccccc1)CC(=O)O. The summed E-state index contributed by atoms with van der Waals surface area (Å²) in [4.78, 5) is 24.9. The lowest BCUT2D eigenvalue weighted by atomic mass is 10.1. The Balaban J connectivity index is 1.95. The van der Waals surface area contributed by atoms with Gasteiger partial charge >= 0.3 is 5.97 Å². The molecule has 0 aliphatic heterocycles. The zero-order valence-corrected chi connectivity index (χ0v) is 14.0. The van der Waals surface area contributed by atoms with Crippen LogP contribution in [-0.2, 0) is 22.4 Å². The van der Waals surface area contributed by atoms with Crippen LogP contribution < -0.4 is 0 Å². The molecule has 0 saturated heterocycles. The quantitative estimate of drug-likeness (QED) is 0.803. The van der Waals surface area contributed by atoms with E-state index < -0.39 is 5.97 Å². The number of nitrogens with zero attached hydrogens (tertiary/aromatic N) is 2. The highest BCUT2D eigenvalue weighted by molar-refractivity contribution is 5.81. The summed E-state index contributed by atoms with van der Waals surface area (Å²) >= 11 is 0. The molecule has 0 spiro atoms. The Hall–Kier alpha value is -2.63. The molecule has 2 aromatic rings. The molecule has 6 heteroatoms. The van der Waals surface area contributed by atoms with E-state index in [0.29, 0.717) is 25.1 Å². The van der Waals surface area contributed by atoms with Crippen LogP contribution in [-0.4, -0.2) is 40.1 Å². The molecule has 24 heavy (non-hydrogen) atoms. The Morgan fingerprint density at radius 2 is 1.88 bits per heavy atom. The van der Waals surface area contributed by atoms with Gasteiger partial charge in [0.25, 0.3) is 0 Å². The zero-order valence-electron chi connectivity index (χ0n) is 14.0. The maximum Gasteiger partial charge on any atom is 0.323 e. The predicted molar refractivity (Wildman–Crippen MR) is 88.7 cm³/mol. The Morgan fingerprint density at radius 3 is 2.46 bits per heavy atom. The van der Waals surface area contributed by atoms with Gasteiger partial charge in [-0.25, -0.2) is 0 Å². The Morgan fingerprint density at radius 1 is 1.17 bits per heavy atom. The second kappa shape index (κ2) is 8.29. The number of carbonyl (C=O) groups is 2. The first-order valence-electron chi connectivity index (χ1n) is 7.92. The van der Waals surface area contributed by atoms with Crippen molar-refractivity contribution in [2.75, 3.05) is 13.1 Å². The van der Waals surface area contributed by atoms with E-state index >= 15 is 0 Å². The molecule has 128 valence electrons. The number of benzene rings is 1. The number of rotatable bonds is 8. The second-order valence-electron chi connectivity index (χ2n) is 5.75. The van der Waals surface area contributed by atoms with Crippen molar-refractivity contribution in [3.05, 3.63) is 52.9 Å². The number of carboxylic acid groups (broad SMARTS) is 1. The summed E-state index contributed by atoms with van der Waals surface area (Å²) in [5.41, 5.74) is 2.77. The lowest BCUT2D eigenvalue weighted by Crippen LogP contribution is -2.37. The van der Waals surface area contributed by atoms with Crippen molar-refractivity contribution in [2.24, 2.45) is 0 Å². The first kappa shape index (κ1) is 17.7. The number of carbonyl (C=O) groups excluding carboxylic acids is 1. The molecule has 1 amide bonds. The number of hydrogen-bond acceptors (Lipinski definition) is 4. The van der Waals surface area contributed by atoms with Crippen molar-refractivity contribution in [3.63, 3.8) is 0 Å². The second-order valence-corrected chi connectivity index (χ2v) is 5.75. The molecule has 0 atom stereocenters. The van der Waals surface area contributed by atoms with Crippen molar-refractivity contribution in [1.82, 2.24) is 10.1 Å². The van der Waals surface area contributed by atoms with Gasteiger partial charge < -0.3 is 14.5 Å². The summed E-state index contributed by atoms with van der Waals surface area (Å²) < 4.78 is 5.09. The minimum absolute atomic E-state index is 0.173. The number of carboxylic acids is 1. The van der Waals surface area contributed by atoms with Crippen LogP contribution in [0.1, 0.15) is 29.0 Å². The van der Waals surface area contributed by atoms with Crippen LogP contribution in [0, 0.1) is 13.8 Å². The Labute approximate surface area is 141 Å². The van der Waals surface area contributed by atoms with Gasteiger partial charge in [-0.15, -0.1) is 0 Å². The molecule has 1 N–H and O–H groups in total. The fraction of sp³-hybridized carbons (Fsp3) is 0.389. The molecule has 1 aromatic heterocycles. The zero-order chi connectivity index (χ0) is 17.5. The van der Waals surface area contributed by atoms with Crippen LogP contribution in [0.15, 0.2) is 34.9 Å². The largest absolute Gasteiger partial charge is 0.480 e. The molecule has 2 rings (SSSR count). The maximum atomic E-state index is 12.4. The number of aryl methyl sites for hydroxylation is 2. The molecule has 0 radical (unpaired) electrons. The van der Waals surface area contributed by atoms with Gasteiger partial charge in [-0.05, 0) is 32.3 Å². The smallest absolute Gasteiger partial charge is 0.323 e. The average Bonchev–Trinajstić information content (AvgIpc) is 2.88. The molecule has 6 nitrogen and oxygen atoms in total. The minimum atomic E-state index is -1.01. The van der Waals surface area contributed by atoms with Gasteiger partial charge in [0.1, 0.15) is 12.3 Å². The predicted octanol–water partition coefficient (Wildman–Crippen LogP) is 2.38. The standard InChI is InChI=1S/C18H22N2O4/c1-13-16(14(2)24-19-13)8-9-17(21)20(12-18(22)23)11-10-15-6-4-3-5-7-15/h3-7H,8-12H2,1-2H3,(H,22,23). The van der Waals surface area contributed by atoms with Gasteiger partial charge in [-0.1, -0.05) is 35.5 Å². The highest BCUT2D eigenvalue weighted by Crippen LogP contribution is 2.15. The van der Waals surface area contributed by atoms with E-state index in [2.05, 4.69) is 5.16 Å². The van der Waals surface area contributed by atoms with E-state index in [-0.39, 0.29) is 18.9 Å². The minimum Gasteiger partial charge on any atom is -0.480 e. The molecule has 1 aromatic carbocycles. The number of aromatic nitrogens is 1. The van der Waals surface area contributed by atoms with E-state index in [4.69, 9.17) is 9.63 Å². The van der Waals surface area contributed by atoms with E-state index in [1.807, 2.05) is 44.2 Å². The van der Waals surface area contributed by atoms with Gasteiger partial charge in [-0.3, -0.25) is 9.59 Å². The summed E-state index contributed by atoms with van der Waals surface area (Å²) in [6.45, 7) is 3.75. The fourth-order valence-electron chi connectivity index (χ4n) is 2.61. The van der Waals surface area contributed by atoms with Crippen molar-refractivity contribution < 1.29 is 19.2 Å². The van der Waals surface area contributed by atoms with E-state index in [1.165, 1.54) is 4.90 Å². The fourth-order valence-corrected chi connectivity index (χ4v) is 2.61. The van der Waals surface area contributed by atoms with Gasteiger partial charge in [0.15, 0.2) is 0 Å². The van der Waals surface area contributed by atoms with Gasteiger partial charge in [0.05, 0.1) is 5.69 Å². The van der Waals surface area contributed by atoms with Gasteiger partial charge in [0.2, 0.25) is 5.91 Å². The summed E-state index contributed by atoms with van der Waals surface area (Å²) in [6, 6.07) is 9.71. The van der Waals surface area contributed by atoms with E-state index in [1.54, 1.807) is 0 Å². The molecule has 1 heterocycles. The summed E-state index contributed by atoms with van der Waals surface area (Å²) in [5.74, 6) is -0.476. The molecular weight excluding hydrogens is 308 g/mol. The Bertz CT molecular complexity index is 675. The average molecular weight is 330 g/mol. The number of amides is 1. The van der Waals surface area contributed by atoms with Crippen molar-refractivity contribution in [2.45, 2.75) is 33.1 Å². The summed E-state index contributed by atoms with van der Waals surface area (Å²) in [5, 5.41) is 12.9. The van der Waals surface area contributed by atoms with Crippen molar-refractivity contribution >= 4 is 11.9 Å². The Kier molecular flexibility index (Phi) is 6.12. The van der Waals surface area contributed by atoms with Crippen LogP contribution >= 0.6 is 0 Å². The van der Waals surface area contributed by atoms with Gasteiger partial charge in [-0.2, -0.15) is 0 Å². The lowest BCUT2D eigenvalue weighted by Gasteiger charge is -2.20. The van der Waals surface area contributed by atoms with Crippen LogP contribution in [0.5, 0.6) is 0 Å². The van der Waals surface area contributed by atoms with E-state index in [0.717, 1.165) is 16.8 Å². The molecular formula is C18H22N2O4. The van der Waals surface area contributed by atoms with Crippen LogP contribution in [0.4, 0.5) is 0 Å². The monoisotopic (exact) mass is 330 g/mol. The normalized spacial score (nSPS) is 10.6. The van der Waals surface area contributed by atoms with Crippen molar-refractivity contribution in [1.29, 1.82) is 0 Å². The maximum absolute atomic E-state index is 12.4. The lowest BCUT2D eigenvalue weighted by molar-refractivity contribution is -0.144. The summed E-state index contributed by atoms with van der Waals surface area (Å²) in [7, 11) is 0. The molecule has 0 unspecified atom stereocenters. The first-order valence-corrected chi connectivity index (χ1v) is 7.92. The number of hydrogen-bond donors (Lipinski definition) is 1. The third kappa shape index (κ3) is 4.94. The highest BCUT2D eigenvalue weighted by Gasteiger charge is 2.18. The first-order chi connectivity index (χ1) is 11.5. The molecule has 0 aliphatic carbocycles. The van der Waals surface area contributed by atoms with Crippen LogP contribution in [0.25, 0.3) is 0 Å². The van der Waals surface area contributed by atoms with Crippen LogP contribution in [0.2, 0.25) is 0 Å². The molecule has 0 fully saturated rings. The molecule has 0 bridgehead atoms. The molecule has 0 aliphatic rings. The third-order valence-corrected chi connectivity index (χ3v) is 3.96.